The molecule has 5 nitrogen and oxygen atoms in total. The Morgan fingerprint density at radius 2 is 1.95 bits per heavy atom. The van der Waals surface area contributed by atoms with Gasteiger partial charge in [-0.2, -0.15) is 0 Å². The summed E-state index contributed by atoms with van der Waals surface area (Å²) in [7, 11) is 0. The standard InChI is InChI=1S/C15H21N3O2/c1-2-9-18(13-7-8-17-10-13)15(20)12-5-3-11(4-6-12)14(16)19/h3-6,13,17H,2,7-10H2,1H3,(H2,16,19). The molecule has 1 aliphatic heterocycles. The number of rotatable bonds is 5. The predicted molar refractivity (Wildman–Crippen MR) is 77.6 cm³/mol. The molecule has 2 rings (SSSR count). The van der Waals surface area contributed by atoms with Crippen molar-refractivity contribution in [3.63, 3.8) is 0 Å². The van der Waals surface area contributed by atoms with E-state index in [2.05, 4.69) is 12.2 Å². The monoisotopic (exact) mass is 275 g/mol. The van der Waals surface area contributed by atoms with Crippen molar-refractivity contribution >= 4 is 11.8 Å². The summed E-state index contributed by atoms with van der Waals surface area (Å²) >= 11 is 0. The first-order valence-corrected chi connectivity index (χ1v) is 7.05. The van der Waals surface area contributed by atoms with Crippen molar-refractivity contribution in [2.75, 3.05) is 19.6 Å². The van der Waals surface area contributed by atoms with Gasteiger partial charge in [-0.1, -0.05) is 6.92 Å². The summed E-state index contributed by atoms with van der Waals surface area (Å²) in [4.78, 5) is 25.6. The van der Waals surface area contributed by atoms with Crippen LogP contribution in [0.25, 0.3) is 0 Å². The Bertz CT molecular complexity index is 478. The maximum absolute atomic E-state index is 12.6. The van der Waals surface area contributed by atoms with Crippen LogP contribution in [0.4, 0.5) is 0 Å². The van der Waals surface area contributed by atoms with Crippen molar-refractivity contribution in [2.45, 2.75) is 25.8 Å². The molecule has 1 aliphatic rings. The molecule has 3 N–H and O–H groups in total. The maximum Gasteiger partial charge on any atom is 0.254 e. The number of amides is 2. The Hall–Kier alpha value is -1.88. The average Bonchev–Trinajstić information content (AvgIpc) is 2.98. The van der Waals surface area contributed by atoms with Gasteiger partial charge in [0.2, 0.25) is 5.91 Å². The highest BCUT2D eigenvalue weighted by molar-refractivity contribution is 5.97. The van der Waals surface area contributed by atoms with E-state index in [9.17, 15) is 9.59 Å². The lowest BCUT2D eigenvalue weighted by molar-refractivity contribution is 0.0692. The molecule has 20 heavy (non-hydrogen) atoms. The zero-order chi connectivity index (χ0) is 14.5. The molecule has 5 heteroatoms. The first-order valence-electron chi connectivity index (χ1n) is 7.05. The molecular formula is C15H21N3O2. The van der Waals surface area contributed by atoms with Crippen LogP contribution in [-0.2, 0) is 0 Å². The van der Waals surface area contributed by atoms with Crippen molar-refractivity contribution in [2.24, 2.45) is 5.73 Å². The fourth-order valence-corrected chi connectivity index (χ4v) is 2.54. The zero-order valence-electron chi connectivity index (χ0n) is 11.8. The number of hydrogen-bond donors (Lipinski definition) is 2. The highest BCUT2D eigenvalue weighted by Gasteiger charge is 2.26. The van der Waals surface area contributed by atoms with Gasteiger partial charge in [-0.15, -0.1) is 0 Å². The van der Waals surface area contributed by atoms with Gasteiger partial charge in [0, 0.05) is 30.3 Å². The number of nitrogens with zero attached hydrogens (tertiary/aromatic N) is 1. The third-order valence-corrected chi connectivity index (χ3v) is 3.62. The van der Waals surface area contributed by atoms with E-state index in [0.717, 1.165) is 32.5 Å². The van der Waals surface area contributed by atoms with E-state index in [-0.39, 0.29) is 11.9 Å². The van der Waals surface area contributed by atoms with E-state index in [0.29, 0.717) is 11.1 Å². The first kappa shape index (κ1) is 14.5. The third-order valence-electron chi connectivity index (χ3n) is 3.62. The van der Waals surface area contributed by atoms with Gasteiger partial charge in [0.1, 0.15) is 0 Å². The Balaban J connectivity index is 2.15. The highest BCUT2D eigenvalue weighted by Crippen LogP contribution is 2.15. The van der Waals surface area contributed by atoms with Crippen molar-refractivity contribution in [1.82, 2.24) is 10.2 Å². The topological polar surface area (TPSA) is 75.4 Å². The summed E-state index contributed by atoms with van der Waals surface area (Å²) in [5.41, 5.74) is 6.23. The average molecular weight is 275 g/mol. The third kappa shape index (κ3) is 3.17. The zero-order valence-corrected chi connectivity index (χ0v) is 11.8. The minimum absolute atomic E-state index is 0.0246. The maximum atomic E-state index is 12.6. The second kappa shape index (κ2) is 6.52. The fraction of sp³-hybridized carbons (Fsp3) is 0.467. The smallest absolute Gasteiger partial charge is 0.254 e. The van der Waals surface area contributed by atoms with E-state index >= 15 is 0 Å². The number of carbonyl (C=O) groups is 2. The van der Waals surface area contributed by atoms with E-state index in [1.807, 2.05) is 4.90 Å². The second-order valence-electron chi connectivity index (χ2n) is 5.09. The molecule has 0 bridgehead atoms. The van der Waals surface area contributed by atoms with Crippen LogP contribution in [0, 0.1) is 0 Å². The van der Waals surface area contributed by atoms with Crippen LogP contribution < -0.4 is 11.1 Å². The molecule has 1 heterocycles. The van der Waals surface area contributed by atoms with Gasteiger partial charge in [0.05, 0.1) is 0 Å². The van der Waals surface area contributed by atoms with Crippen molar-refractivity contribution in [1.29, 1.82) is 0 Å². The Kier molecular flexibility index (Phi) is 4.74. The lowest BCUT2D eigenvalue weighted by Gasteiger charge is -2.28. The highest BCUT2D eigenvalue weighted by atomic mass is 16.2. The van der Waals surface area contributed by atoms with Gasteiger partial charge in [0.15, 0.2) is 0 Å². The van der Waals surface area contributed by atoms with Crippen molar-refractivity contribution in [3.05, 3.63) is 35.4 Å². The minimum atomic E-state index is -0.477. The van der Waals surface area contributed by atoms with E-state index < -0.39 is 5.91 Å². The summed E-state index contributed by atoms with van der Waals surface area (Å²) in [5.74, 6) is -0.453. The van der Waals surface area contributed by atoms with Crippen LogP contribution in [-0.4, -0.2) is 42.4 Å². The molecule has 108 valence electrons. The second-order valence-corrected chi connectivity index (χ2v) is 5.09. The molecule has 1 saturated heterocycles. The number of carbonyl (C=O) groups excluding carboxylic acids is 2. The van der Waals surface area contributed by atoms with Crippen LogP contribution in [0.15, 0.2) is 24.3 Å². The first-order chi connectivity index (χ1) is 9.63. The lowest BCUT2D eigenvalue weighted by atomic mass is 10.1. The van der Waals surface area contributed by atoms with Crippen LogP contribution in [0.5, 0.6) is 0 Å². The number of nitrogens with two attached hydrogens (primary N) is 1. The summed E-state index contributed by atoms with van der Waals surface area (Å²) in [6, 6.07) is 6.82. The van der Waals surface area contributed by atoms with E-state index in [1.165, 1.54) is 0 Å². The molecular weight excluding hydrogens is 254 g/mol. The SMILES string of the molecule is CCCN(C(=O)c1ccc(C(N)=O)cc1)C1CCNC1. The summed E-state index contributed by atoms with van der Waals surface area (Å²) < 4.78 is 0. The van der Waals surface area contributed by atoms with E-state index in [1.54, 1.807) is 24.3 Å². The van der Waals surface area contributed by atoms with Crippen LogP contribution in [0.1, 0.15) is 40.5 Å². The van der Waals surface area contributed by atoms with Gasteiger partial charge < -0.3 is 16.0 Å². The largest absolute Gasteiger partial charge is 0.366 e. The Morgan fingerprint density at radius 1 is 1.30 bits per heavy atom. The molecule has 1 aromatic carbocycles. The van der Waals surface area contributed by atoms with Crippen LogP contribution in [0.3, 0.4) is 0 Å². The fourth-order valence-electron chi connectivity index (χ4n) is 2.54. The number of nitrogens with one attached hydrogen (secondary N) is 1. The van der Waals surface area contributed by atoms with Gasteiger partial charge in [-0.25, -0.2) is 0 Å². The summed E-state index contributed by atoms with van der Waals surface area (Å²) in [6.07, 6.45) is 1.92. The summed E-state index contributed by atoms with van der Waals surface area (Å²) in [5, 5.41) is 3.29. The predicted octanol–water partition coefficient (Wildman–Crippen LogP) is 1.000. The Labute approximate surface area is 119 Å². The molecule has 1 atom stereocenters. The summed E-state index contributed by atoms with van der Waals surface area (Å²) in [6.45, 7) is 4.63. The molecule has 2 amide bonds. The molecule has 0 spiro atoms. The quantitative estimate of drug-likeness (QED) is 0.841. The van der Waals surface area contributed by atoms with E-state index in [4.69, 9.17) is 5.73 Å². The van der Waals surface area contributed by atoms with Gasteiger partial charge in [-0.05, 0) is 43.7 Å². The Morgan fingerprint density at radius 3 is 2.45 bits per heavy atom. The van der Waals surface area contributed by atoms with Crippen LogP contribution >= 0.6 is 0 Å². The van der Waals surface area contributed by atoms with Gasteiger partial charge >= 0.3 is 0 Å². The molecule has 1 fully saturated rings. The molecule has 0 aromatic heterocycles. The normalized spacial score (nSPS) is 17.9. The van der Waals surface area contributed by atoms with Crippen LogP contribution in [0.2, 0.25) is 0 Å². The molecule has 0 saturated carbocycles. The molecule has 0 aliphatic carbocycles. The minimum Gasteiger partial charge on any atom is -0.366 e. The van der Waals surface area contributed by atoms with Gasteiger partial charge in [-0.3, -0.25) is 9.59 Å². The van der Waals surface area contributed by atoms with Gasteiger partial charge in [0.25, 0.3) is 5.91 Å². The number of benzene rings is 1. The lowest BCUT2D eigenvalue weighted by Crippen LogP contribution is -2.42. The number of primary amides is 1. The van der Waals surface area contributed by atoms with Crippen molar-refractivity contribution in [3.8, 4) is 0 Å². The molecule has 0 radical (unpaired) electrons. The number of hydrogen-bond acceptors (Lipinski definition) is 3. The molecule has 1 aromatic rings. The van der Waals surface area contributed by atoms with Crippen molar-refractivity contribution < 1.29 is 9.59 Å². The molecule has 1 unspecified atom stereocenters.